The van der Waals surface area contributed by atoms with Gasteiger partial charge in [-0.2, -0.15) is 0 Å². The molecule has 1 heterocycles. The highest BCUT2D eigenvalue weighted by Gasteiger charge is 2.39. The smallest absolute Gasteiger partial charge is 0.408 e. The van der Waals surface area contributed by atoms with Gasteiger partial charge in [0.1, 0.15) is 23.3 Å². The molecule has 0 radical (unpaired) electrons. The van der Waals surface area contributed by atoms with Crippen molar-refractivity contribution in [1.82, 2.24) is 10.6 Å². The van der Waals surface area contributed by atoms with Crippen LogP contribution in [0.2, 0.25) is 0 Å². The summed E-state index contributed by atoms with van der Waals surface area (Å²) in [4.78, 5) is 54.3. The maximum absolute atomic E-state index is 13.3. The Morgan fingerprint density at radius 2 is 1.87 bits per heavy atom. The van der Waals surface area contributed by atoms with Crippen molar-refractivity contribution in [2.24, 2.45) is 16.8 Å². The van der Waals surface area contributed by atoms with E-state index in [2.05, 4.69) is 15.6 Å². The van der Waals surface area contributed by atoms with Crippen molar-refractivity contribution < 1.29 is 33.4 Å². The molecule has 0 saturated heterocycles. The van der Waals surface area contributed by atoms with Crippen molar-refractivity contribution in [2.45, 2.75) is 90.8 Å². The molecule has 1 fully saturated rings. The number of carbonyl (C=O) groups is 4. The number of hydrogen-bond donors (Lipinski definition) is 2. The summed E-state index contributed by atoms with van der Waals surface area (Å²) < 4.78 is 16.4. The minimum atomic E-state index is -0.968. The number of hydrogen-bond acceptors (Lipinski definition) is 7. The van der Waals surface area contributed by atoms with E-state index in [0.717, 1.165) is 25.7 Å². The fraction of sp³-hybridized carbons (Fsp3) is 0.607. The Labute approximate surface area is 223 Å². The van der Waals surface area contributed by atoms with Crippen LogP contribution in [0.3, 0.4) is 0 Å². The average Bonchev–Trinajstić information content (AvgIpc) is 2.86. The van der Waals surface area contributed by atoms with Crippen LogP contribution in [0.15, 0.2) is 29.3 Å². The minimum absolute atomic E-state index is 0.203. The molecule has 10 nitrogen and oxygen atoms in total. The summed E-state index contributed by atoms with van der Waals surface area (Å²) in [6.07, 6.45) is 5.26. The zero-order chi connectivity index (χ0) is 27.9. The second-order valence-electron chi connectivity index (χ2n) is 10.9. The number of carbonyl (C=O) groups excluding carboxylic acids is 4. The summed E-state index contributed by atoms with van der Waals surface area (Å²) in [6.45, 7) is 8.84. The summed E-state index contributed by atoms with van der Waals surface area (Å²) in [5, 5.41) is 5.22. The Hall–Kier alpha value is -3.43. The highest BCUT2D eigenvalue weighted by atomic mass is 16.6. The number of rotatable bonds is 8. The molecule has 1 aliphatic carbocycles. The zero-order valence-corrected chi connectivity index (χ0v) is 22.9. The van der Waals surface area contributed by atoms with Crippen LogP contribution >= 0.6 is 0 Å². The van der Waals surface area contributed by atoms with Gasteiger partial charge in [0.25, 0.3) is 0 Å². The highest BCUT2D eigenvalue weighted by molar-refractivity contribution is 6.09. The number of alkyl carbamates (subject to hydrolysis) is 1. The lowest BCUT2D eigenvalue weighted by atomic mass is 9.86. The third kappa shape index (κ3) is 8.29. The highest BCUT2D eigenvalue weighted by Crippen LogP contribution is 2.32. The predicted octanol–water partition coefficient (Wildman–Crippen LogP) is 4.86. The first-order chi connectivity index (χ1) is 18.0. The third-order valence-corrected chi connectivity index (χ3v) is 6.54. The fourth-order valence-electron chi connectivity index (χ4n) is 4.65. The SMILES string of the molecule is CCC1=NC(=O)NC(c2cccc(OC(=O)C(C)NC(=O)OC(C)(C)C)c2)C1C(=O)OCC1CCCCC1. The van der Waals surface area contributed by atoms with Gasteiger partial charge < -0.3 is 24.8 Å². The molecule has 3 amide bonds. The van der Waals surface area contributed by atoms with Crippen molar-refractivity contribution in [3.8, 4) is 5.75 Å². The number of nitrogens with one attached hydrogen (secondary N) is 2. The van der Waals surface area contributed by atoms with E-state index in [4.69, 9.17) is 14.2 Å². The van der Waals surface area contributed by atoms with E-state index in [-0.39, 0.29) is 5.75 Å². The second kappa shape index (κ2) is 12.9. The molecule has 2 N–H and O–H groups in total. The first-order valence-corrected chi connectivity index (χ1v) is 13.3. The van der Waals surface area contributed by atoms with Gasteiger partial charge >= 0.3 is 24.1 Å². The van der Waals surface area contributed by atoms with Gasteiger partial charge in [-0.1, -0.05) is 38.3 Å². The number of urea groups is 1. The standard InChI is InChI=1S/C28H39N3O7/c1-6-21-22(25(33)36-16-18-11-8-7-9-12-18)23(31-26(34)30-21)19-13-10-14-20(15-19)37-24(32)17(2)29-27(35)38-28(3,4)5/h10,13-15,17-18,22-23H,6-9,11-12,16H2,1-5H3,(H,29,35)(H,31,34). The van der Waals surface area contributed by atoms with E-state index in [0.29, 0.717) is 30.2 Å². The molecule has 0 aromatic heterocycles. The molecule has 1 aliphatic heterocycles. The first-order valence-electron chi connectivity index (χ1n) is 13.3. The fourth-order valence-corrected chi connectivity index (χ4v) is 4.65. The van der Waals surface area contributed by atoms with Crippen LogP contribution < -0.4 is 15.4 Å². The van der Waals surface area contributed by atoms with Crippen LogP contribution in [-0.2, 0) is 19.1 Å². The maximum Gasteiger partial charge on any atom is 0.408 e. The summed E-state index contributed by atoms with van der Waals surface area (Å²) in [7, 11) is 0. The molecule has 1 aromatic carbocycles. The first kappa shape index (κ1) is 29.1. The predicted molar refractivity (Wildman–Crippen MR) is 141 cm³/mol. The lowest BCUT2D eigenvalue weighted by Gasteiger charge is -2.31. The van der Waals surface area contributed by atoms with Crippen LogP contribution in [0.4, 0.5) is 9.59 Å². The largest absolute Gasteiger partial charge is 0.465 e. The Morgan fingerprint density at radius 3 is 2.53 bits per heavy atom. The minimum Gasteiger partial charge on any atom is -0.465 e. The molecule has 208 valence electrons. The van der Waals surface area contributed by atoms with E-state index < -0.39 is 47.7 Å². The molecule has 1 aromatic rings. The van der Waals surface area contributed by atoms with E-state index in [1.807, 2.05) is 6.92 Å². The van der Waals surface area contributed by atoms with E-state index >= 15 is 0 Å². The van der Waals surface area contributed by atoms with Crippen LogP contribution in [0, 0.1) is 11.8 Å². The summed E-state index contributed by atoms with van der Waals surface area (Å²) in [6, 6.07) is 4.33. The lowest BCUT2D eigenvalue weighted by molar-refractivity contribution is -0.148. The average molecular weight is 530 g/mol. The Morgan fingerprint density at radius 1 is 1.16 bits per heavy atom. The van der Waals surface area contributed by atoms with Crippen molar-refractivity contribution in [1.29, 1.82) is 0 Å². The number of aliphatic imine (C=N–C) groups is 1. The monoisotopic (exact) mass is 529 g/mol. The number of esters is 2. The van der Waals surface area contributed by atoms with Gasteiger partial charge in [-0.3, -0.25) is 4.79 Å². The molecule has 1 saturated carbocycles. The molecule has 2 aliphatic rings. The molecule has 3 rings (SSSR count). The Bertz CT molecular complexity index is 1060. The summed E-state index contributed by atoms with van der Waals surface area (Å²) >= 11 is 0. The summed E-state index contributed by atoms with van der Waals surface area (Å²) in [5.74, 6) is -1.36. The Kier molecular flexibility index (Phi) is 9.88. The van der Waals surface area contributed by atoms with E-state index in [1.54, 1.807) is 45.0 Å². The van der Waals surface area contributed by atoms with Gasteiger partial charge in [-0.25, -0.2) is 19.4 Å². The second-order valence-corrected chi connectivity index (χ2v) is 10.9. The Balaban J connectivity index is 1.72. The quantitative estimate of drug-likeness (QED) is 0.363. The number of amides is 3. The molecule has 3 unspecified atom stereocenters. The molecule has 10 heteroatoms. The van der Waals surface area contributed by atoms with Crippen LogP contribution in [0.5, 0.6) is 5.75 Å². The van der Waals surface area contributed by atoms with Gasteiger partial charge in [0, 0.05) is 5.71 Å². The van der Waals surface area contributed by atoms with Gasteiger partial charge in [-0.15, -0.1) is 0 Å². The number of ether oxygens (including phenoxy) is 3. The van der Waals surface area contributed by atoms with Crippen LogP contribution in [0.25, 0.3) is 0 Å². The van der Waals surface area contributed by atoms with Crippen LogP contribution in [-0.4, -0.2) is 48.0 Å². The van der Waals surface area contributed by atoms with Gasteiger partial charge in [0.15, 0.2) is 0 Å². The van der Waals surface area contributed by atoms with Crippen LogP contribution in [0.1, 0.15) is 84.7 Å². The van der Waals surface area contributed by atoms with Crippen molar-refractivity contribution in [3.05, 3.63) is 29.8 Å². The molecule has 0 spiro atoms. The maximum atomic E-state index is 13.3. The summed E-state index contributed by atoms with van der Waals surface area (Å²) in [5.41, 5.74) is 0.308. The topological polar surface area (TPSA) is 132 Å². The van der Waals surface area contributed by atoms with E-state index in [9.17, 15) is 19.2 Å². The molecular formula is C28H39N3O7. The van der Waals surface area contributed by atoms with Gasteiger partial charge in [0.05, 0.1) is 12.6 Å². The lowest BCUT2D eigenvalue weighted by Crippen LogP contribution is -2.45. The number of nitrogens with zero attached hydrogens (tertiary/aromatic N) is 1. The van der Waals surface area contributed by atoms with Crippen molar-refractivity contribution in [2.75, 3.05) is 6.61 Å². The molecule has 3 atom stereocenters. The van der Waals surface area contributed by atoms with E-state index in [1.165, 1.54) is 13.3 Å². The van der Waals surface area contributed by atoms with Crippen molar-refractivity contribution >= 4 is 29.8 Å². The van der Waals surface area contributed by atoms with Gasteiger partial charge in [-0.05, 0) is 70.6 Å². The molecular weight excluding hydrogens is 490 g/mol. The van der Waals surface area contributed by atoms with Gasteiger partial charge in [0.2, 0.25) is 0 Å². The zero-order valence-electron chi connectivity index (χ0n) is 22.9. The number of benzene rings is 1. The van der Waals surface area contributed by atoms with Crippen molar-refractivity contribution in [3.63, 3.8) is 0 Å². The molecule has 0 bridgehead atoms. The third-order valence-electron chi connectivity index (χ3n) is 6.54. The normalized spacial score (nSPS) is 21.0. The molecule has 38 heavy (non-hydrogen) atoms.